The molecule has 0 radical (unpaired) electrons. The lowest BCUT2D eigenvalue weighted by Crippen LogP contribution is -2.30. The number of hydrogen-bond acceptors (Lipinski definition) is 2. The third kappa shape index (κ3) is 3.51. The Balaban J connectivity index is 1.69. The first-order valence-corrected chi connectivity index (χ1v) is 10.8. The monoisotopic (exact) mass is 424 g/mol. The third-order valence-corrected chi connectivity index (χ3v) is 6.15. The SMILES string of the molecule is Cc1cccc(N2C(=S)N[C@@H](c3ccccn3)[C@@H]2c2cccn2-c2ccccc2C)c1. The summed E-state index contributed by atoms with van der Waals surface area (Å²) in [5, 5.41) is 4.26. The number of benzene rings is 2. The van der Waals surface area contributed by atoms with Crippen LogP contribution < -0.4 is 10.2 Å². The van der Waals surface area contributed by atoms with Crippen molar-refractivity contribution in [1.29, 1.82) is 0 Å². The van der Waals surface area contributed by atoms with E-state index in [9.17, 15) is 0 Å². The van der Waals surface area contributed by atoms with Gasteiger partial charge in [0.2, 0.25) is 0 Å². The van der Waals surface area contributed by atoms with E-state index in [4.69, 9.17) is 12.2 Å². The van der Waals surface area contributed by atoms with Crippen molar-refractivity contribution >= 4 is 23.0 Å². The molecule has 0 unspecified atom stereocenters. The first kappa shape index (κ1) is 19.5. The van der Waals surface area contributed by atoms with E-state index in [0.29, 0.717) is 5.11 Å². The van der Waals surface area contributed by atoms with Gasteiger partial charge >= 0.3 is 0 Å². The molecule has 0 bridgehead atoms. The molecule has 2 aromatic carbocycles. The number of pyridine rings is 1. The summed E-state index contributed by atoms with van der Waals surface area (Å²) in [7, 11) is 0. The quantitative estimate of drug-likeness (QED) is 0.428. The minimum Gasteiger partial charge on any atom is -0.351 e. The van der Waals surface area contributed by atoms with Crippen molar-refractivity contribution in [3.05, 3.63) is 114 Å². The predicted molar refractivity (Wildman–Crippen MR) is 130 cm³/mol. The highest BCUT2D eigenvalue weighted by Crippen LogP contribution is 2.42. The molecule has 0 spiro atoms. The van der Waals surface area contributed by atoms with Crippen LogP contribution in [0.1, 0.15) is 34.6 Å². The summed E-state index contributed by atoms with van der Waals surface area (Å²) < 4.78 is 2.27. The van der Waals surface area contributed by atoms with Gasteiger partial charge in [0.15, 0.2) is 5.11 Å². The number of thiocarbonyl (C=S) groups is 1. The standard InChI is InChI=1S/C26H24N4S/c1-18-9-7-11-20(17-18)30-25(24(28-26(30)31)21-12-5-6-15-27-21)23-14-8-16-29(23)22-13-4-3-10-19(22)2/h3-17,24-25H,1-2H3,(H,28,31)/t24-,25-/m0/s1. The highest BCUT2D eigenvalue weighted by Gasteiger charge is 2.42. The zero-order chi connectivity index (χ0) is 21.4. The van der Waals surface area contributed by atoms with E-state index in [1.54, 1.807) is 0 Å². The van der Waals surface area contributed by atoms with Gasteiger partial charge in [0.05, 0.1) is 11.7 Å². The van der Waals surface area contributed by atoms with Crippen LogP contribution in [0, 0.1) is 13.8 Å². The molecule has 0 amide bonds. The van der Waals surface area contributed by atoms with Crippen LogP contribution in [-0.2, 0) is 0 Å². The molecule has 4 aromatic rings. The predicted octanol–water partition coefficient (Wildman–Crippen LogP) is 5.67. The molecule has 1 aliphatic heterocycles. The van der Waals surface area contributed by atoms with Crippen LogP contribution in [0.3, 0.4) is 0 Å². The van der Waals surface area contributed by atoms with Crippen LogP contribution >= 0.6 is 12.2 Å². The summed E-state index contributed by atoms with van der Waals surface area (Å²) in [6.07, 6.45) is 3.97. The molecule has 3 heterocycles. The molecular formula is C26H24N4S. The molecule has 1 fully saturated rings. The van der Waals surface area contributed by atoms with E-state index >= 15 is 0 Å². The van der Waals surface area contributed by atoms with Crippen LogP contribution in [0.5, 0.6) is 0 Å². The van der Waals surface area contributed by atoms with Gasteiger partial charge in [-0.2, -0.15) is 0 Å². The Kier molecular flexibility index (Phi) is 5.04. The molecule has 4 nitrogen and oxygen atoms in total. The van der Waals surface area contributed by atoms with Crippen molar-refractivity contribution in [2.45, 2.75) is 25.9 Å². The fourth-order valence-corrected chi connectivity index (χ4v) is 4.75. The average Bonchev–Trinajstić information content (AvgIpc) is 3.39. The highest BCUT2D eigenvalue weighted by molar-refractivity contribution is 7.80. The van der Waals surface area contributed by atoms with Gasteiger partial charge in [0.25, 0.3) is 0 Å². The van der Waals surface area contributed by atoms with Gasteiger partial charge < -0.3 is 14.8 Å². The summed E-state index contributed by atoms with van der Waals surface area (Å²) in [6, 6.07) is 27.2. The lowest BCUT2D eigenvalue weighted by Gasteiger charge is -2.29. The number of para-hydroxylation sites is 1. The van der Waals surface area contributed by atoms with Crippen molar-refractivity contribution in [2.75, 3.05) is 4.90 Å². The van der Waals surface area contributed by atoms with Gasteiger partial charge in [0, 0.05) is 29.5 Å². The molecule has 1 aliphatic rings. The fraction of sp³-hybridized carbons (Fsp3) is 0.154. The van der Waals surface area contributed by atoms with E-state index in [1.165, 1.54) is 22.5 Å². The minimum absolute atomic E-state index is 0.0428. The van der Waals surface area contributed by atoms with Crippen LogP contribution in [0.4, 0.5) is 5.69 Å². The number of rotatable bonds is 4. The zero-order valence-corrected chi connectivity index (χ0v) is 18.4. The van der Waals surface area contributed by atoms with Gasteiger partial charge in [-0.1, -0.05) is 36.4 Å². The van der Waals surface area contributed by atoms with Crippen molar-refractivity contribution < 1.29 is 0 Å². The molecule has 1 saturated heterocycles. The minimum atomic E-state index is -0.0631. The van der Waals surface area contributed by atoms with Crippen molar-refractivity contribution in [2.24, 2.45) is 0 Å². The summed E-state index contributed by atoms with van der Waals surface area (Å²) in [4.78, 5) is 6.89. The molecule has 5 heteroatoms. The molecule has 2 atom stereocenters. The second-order valence-electron chi connectivity index (χ2n) is 7.93. The number of nitrogens with one attached hydrogen (secondary N) is 1. The largest absolute Gasteiger partial charge is 0.351 e. The van der Waals surface area contributed by atoms with E-state index in [2.05, 4.69) is 107 Å². The Hall–Kier alpha value is -3.44. The molecule has 31 heavy (non-hydrogen) atoms. The Bertz CT molecular complexity index is 1230. The average molecular weight is 425 g/mol. The number of hydrogen-bond donors (Lipinski definition) is 1. The number of aromatic nitrogens is 2. The van der Waals surface area contributed by atoms with Crippen molar-refractivity contribution in [3.63, 3.8) is 0 Å². The molecule has 154 valence electrons. The molecule has 5 rings (SSSR count). The molecule has 2 aromatic heterocycles. The van der Waals surface area contributed by atoms with E-state index in [-0.39, 0.29) is 12.1 Å². The lowest BCUT2D eigenvalue weighted by atomic mass is 10.00. The Morgan fingerprint density at radius 3 is 2.52 bits per heavy atom. The maximum Gasteiger partial charge on any atom is 0.174 e. The maximum absolute atomic E-state index is 5.86. The van der Waals surface area contributed by atoms with Crippen LogP contribution in [0.15, 0.2) is 91.3 Å². The summed E-state index contributed by atoms with van der Waals surface area (Å²) in [5.41, 5.74) is 6.82. The van der Waals surface area contributed by atoms with Crippen LogP contribution in [0.25, 0.3) is 5.69 Å². The number of nitrogens with zero attached hydrogens (tertiary/aromatic N) is 3. The second kappa shape index (κ2) is 8.00. The Labute approximate surface area is 188 Å². The summed E-state index contributed by atoms with van der Waals surface area (Å²) in [6.45, 7) is 4.25. The number of aryl methyl sites for hydroxylation is 2. The molecular weight excluding hydrogens is 400 g/mol. The van der Waals surface area contributed by atoms with Gasteiger partial charge in [-0.05, 0) is 79.7 Å². The van der Waals surface area contributed by atoms with Crippen LogP contribution in [0.2, 0.25) is 0 Å². The van der Waals surface area contributed by atoms with E-state index in [1.807, 2.05) is 18.3 Å². The van der Waals surface area contributed by atoms with Gasteiger partial charge in [0.1, 0.15) is 6.04 Å². The summed E-state index contributed by atoms with van der Waals surface area (Å²) >= 11 is 5.86. The second-order valence-corrected chi connectivity index (χ2v) is 8.31. The smallest absolute Gasteiger partial charge is 0.174 e. The normalized spacial score (nSPS) is 18.3. The summed E-state index contributed by atoms with van der Waals surface area (Å²) in [5.74, 6) is 0. The van der Waals surface area contributed by atoms with Gasteiger partial charge in [-0.25, -0.2) is 0 Å². The topological polar surface area (TPSA) is 33.1 Å². The third-order valence-electron chi connectivity index (χ3n) is 5.84. The lowest BCUT2D eigenvalue weighted by molar-refractivity contribution is 0.549. The van der Waals surface area contributed by atoms with Gasteiger partial charge in [-0.15, -0.1) is 0 Å². The molecule has 1 N–H and O–H groups in total. The highest BCUT2D eigenvalue weighted by atomic mass is 32.1. The first-order valence-electron chi connectivity index (χ1n) is 10.4. The Morgan fingerprint density at radius 2 is 1.74 bits per heavy atom. The van der Waals surface area contributed by atoms with Crippen molar-refractivity contribution in [3.8, 4) is 5.69 Å². The number of anilines is 1. The Morgan fingerprint density at radius 1 is 0.903 bits per heavy atom. The zero-order valence-electron chi connectivity index (χ0n) is 17.6. The first-order chi connectivity index (χ1) is 15.1. The van der Waals surface area contributed by atoms with Gasteiger partial charge in [-0.3, -0.25) is 4.98 Å². The van der Waals surface area contributed by atoms with E-state index in [0.717, 1.165) is 11.4 Å². The van der Waals surface area contributed by atoms with E-state index < -0.39 is 0 Å². The maximum atomic E-state index is 5.86. The van der Waals surface area contributed by atoms with Crippen molar-refractivity contribution in [1.82, 2.24) is 14.9 Å². The van der Waals surface area contributed by atoms with Crippen LogP contribution in [-0.4, -0.2) is 14.7 Å². The molecule has 0 aliphatic carbocycles. The fourth-order valence-electron chi connectivity index (χ4n) is 4.40. The molecule has 0 saturated carbocycles.